The van der Waals surface area contributed by atoms with Gasteiger partial charge < -0.3 is 4.42 Å². The van der Waals surface area contributed by atoms with E-state index in [0.717, 1.165) is 5.69 Å². The van der Waals surface area contributed by atoms with Gasteiger partial charge in [-0.2, -0.15) is 0 Å². The van der Waals surface area contributed by atoms with Crippen LogP contribution in [0.5, 0.6) is 0 Å². The average Bonchev–Trinajstić information content (AvgIpc) is 2.91. The zero-order chi connectivity index (χ0) is 15.0. The molecule has 0 atom stereocenters. The van der Waals surface area contributed by atoms with E-state index in [-0.39, 0.29) is 17.5 Å². The zero-order valence-corrected chi connectivity index (χ0v) is 12.2. The normalized spacial score (nSPS) is 12.0. The van der Waals surface area contributed by atoms with Crippen LogP contribution in [0.3, 0.4) is 0 Å². The highest BCUT2D eigenvalue weighted by atomic mass is 16.3. The fraction of sp³-hybridized carbons (Fsp3) is 0.333. The summed E-state index contributed by atoms with van der Waals surface area (Å²) < 4.78 is 6.92. The Morgan fingerprint density at radius 2 is 2.10 bits per heavy atom. The summed E-state index contributed by atoms with van der Waals surface area (Å²) >= 11 is 0. The first-order valence-corrected chi connectivity index (χ1v) is 6.70. The van der Waals surface area contributed by atoms with Crippen LogP contribution < -0.4 is 5.56 Å². The molecule has 6 nitrogen and oxygen atoms in total. The zero-order valence-electron chi connectivity index (χ0n) is 12.2. The van der Waals surface area contributed by atoms with Crippen LogP contribution in [0.15, 0.2) is 40.1 Å². The lowest BCUT2D eigenvalue weighted by Crippen LogP contribution is -2.21. The molecule has 108 valence electrons. The topological polar surface area (TPSA) is 73.8 Å². The molecule has 0 fully saturated rings. The number of rotatable bonds is 2. The number of pyridine rings is 1. The van der Waals surface area contributed by atoms with E-state index in [2.05, 4.69) is 35.7 Å². The van der Waals surface area contributed by atoms with Gasteiger partial charge in [-0.3, -0.25) is 9.36 Å². The Bertz CT molecular complexity index is 842. The van der Waals surface area contributed by atoms with E-state index in [1.165, 1.54) is 10.9 Å². The molecule has 6 heteroatoms. The quantitative estimate of drug-likeness (QED) is 0.720. The van der Waals surface area contributed by atoms with E-state index in [4.69, 9.17) is 4.42 Å². The molecule has 0 aliphatic rings. The highest BCUT2D eigenvalue weighted by molar-refractivity contribution is 5.72. The lowest BCUT2D eigenvalue weighted by Gasteiger charge is -2.13. The van der Waals surface area contributed by atoms with Crippen molar-refractivity contribution in [2.24, 2.45) is 0 Å². The van der Waals surface area contributed by atoms with Gasteiger partial charge in [0.15, 0.2) is 5.65 Å². The molecule has 0 amide bonds. The molecule has 3 aromatic rings. The predicted octanol–water partition coefficient (Wildman–Crippen LogP) is 2.13. The second-order valence-corrected chi connectivity index (χ2v) is 5.93. The van der Waals surface area contributed by atoms with Crippen LogP contribution in [-0.2, 0) is 12.0 Å². The fourth-order valence-corrected chi connectivity index (χ4v) is 1.98. The minimum Gasteiger partial charge on any atom is -0.447 e. The highest BCUT2D eigenvalue weighted by Gasteiger charge is 2.19. The van der Waals surface area contributed by atoms with Crippen molar-refractivity contribution in [1.82, 2.24) is 19.5 Å². The second-order valence-electron chi connectivity index (χ2n) is 5.93. The van der Waals surface area contributed by atoms with Gasteiger partial charge in [-0.15, -0.1) is 0 Å². The monoisotopic (exact) mass is 284 g/mol. The SMILES string of the molecule is CC(C)(C)c1coc(Cn2cnc3ncccc3c2=O)n1. The lowest BCUT2D eigenvalue weighted by atomic mass is 9.93. The van der Waals surface area contributed by atoms with Crippen molar-refractivity contribution in [1.29, 1.82) is 0 Å². The number of hydrogen-bond acceptors (Lipinski definition) is 5. The molecular weight excluding hydrogens is 268 g/mol. The van der Waals surface area contributed by atoms with E-state index < -0.39 is 0 Å². The summed E-state index contributed by atoms with van der Waals surface area (Å²) in [5.74, 6) is 0.493. The Hall–Kier alpha value is -2.50. The average molecular weight is 284 g/mol. The Morgan fingerprint density at radius 3 is 2.81 bits per heavy atom. The largest absolute Gasteiger partial charge is 0.447 e. The van der Waals surface area contributed by atoms with Gasteiger partial charge in [-0.1, -0.05) is 20.8 Å². The number of hydrogen-bond donors (Lipinski definition) is 0. The predicted molar refractivity (Wildman–Crippen MR) is 78.1 cm³/mol. The van der Waals surface area contributed by atoms with E-state index in [1.807, 2.05) is 0 Å². The third-order valence-electron chi connectivity index (χ3n) is 3.22. The minimum absolute atomic E-state index is 0.0851. The van der Waals surface area contributed by atoms with Crippen LogP contribution in [0.1, 0.15) is 32.4 Å². The second kappa shape index (κ2) is 4.80. The summed E-state index contributed by atoms with van der Waals surface area (Å²) in [6.07, 6.45) is 4.72. The van der Waals surface area contributed by atoms with Crippen molar-refractivity contribution in [3.8, 4) is 0 Å². The van der Waals surface area contributed by atoms with Gasteiger partial charge in [0.2, 0.25) is 5.89 Å². The summed E-state index contributed by atoms with van der Waals surface area (Å²) in [7, 11) is 0. The molecule has 0 radical (unpaired) electrons. The van der Waals surface area contributed by atoms with Crippen molar-refractivity contribution in [2.75, 3.05) is 0 Å². The Kier molecular flexibility index (Phi) is 3.08. The van der Waals surface area contributed by atoms with E-state index in [1.54, 1.807) is 24.6 Å². The van der Waals surface area contributed by atoms with Crippen LogP contribution in [-0.4, -0.2) is 19.5 Å². The van der Waals surface area contributed by atoms with Gasteiger partial charge in [-0.05, 0) is 12.1 Å². The summed E-state index contributed by atoms with van der Waals surface area (Å²) in [5.41, 5.74) is 1.07. The van der Waals surface area contributed by atoms with Crippen LogP contribution in [0.2, 0.25) is 0 Å². The standard InChI is InChI=1S/C15H16N4O2/c1-15(2,3)11-8-21-12(18-11)7-19-9-17-13-10(14(19)20)5-4-6-16-13/h4-6,8-9H,7H2,1-3H3. The Labute approximate surface area is 121 Å². The van der Waals surface area contributed by atoms with E-state index in [0.29, 0.717) is 16.9 Å². The van der Waals surface area contributed by atoms with Crippen molar-refractivity contribution in [2.45, 2.75) is 32.7 Å². The minimum atomic E-state index is -0.149. The number of aromatic nitrogens is 4. The molecule has 21 heavy (non-hydrogen) atoms. The van der Waals surface area contributed by atoms with Crippen LogP contribution in [0, 0.1) is 0 Å². The van der Waals surface area contributed by atoms with Gasteiger partial charge in [-0.25, -0.2) is 15.0 Å². The maximum atomic E-state index is 12.4. The lowest BCUT2D eigenvalue weighted by molar-refractivity contribution is 0.472. The fourth-order valence-electron chi connectivity index (χ4n) is 1.98. The first-order valence-electron chi connectivity index (χ1n) is 6.70. The Balaban J connectivity index is 1.97. The third kappa shape index (κ3) is 2.56. The summed E-state index contributed by atoms with van der Waals surface area (Å²) in [5, 5.41) is 0.489. The molecule has 0 spiro atoms. The summed E-state index contributed by atoms with van der Waals surface area (Å²) in [6.45, 7) is 6.44. The van der Waals surface area contributed by atoms with Gasteiger partial charge in [0, 0.05) is 11.6 Å². The van der Waals surface area contributed by atoms with Crippen molar-refractivity contribution in [3.63, 3.8) is 0 Å². The summed E-state index contributed by atoms with van der Waals surface area (Å²) in [4.78, 5) is 25.0. The molecule has 0 aliphatic carbocycles. The maximum absolute atomic E-state index is 12.4. The Morgan fingerprint density at radius 1 is 1.29 bits per heavy atom. The molecule has 3 heterocycles. The van der Waals surface area contributed by atoms with Crippen LogP contribution in [0.25, 0.3) is 11.0 Å². The molecule has 0 aromatic carbocycles. The maximum Gasteiger partial charge on any atom is 0.263 e. The molecule has 0 aliphatic heterocycles. The van der Waals surface area contributed by atoms with Crippen molar-refractivity contribution < 1.29 is 4.42 Å². The number of nitrogens with zero attached hydrogens (tertiary/aromatic N) is 4. The highest BCUT2D eigenvalue weighted by Crippen LogP contribution is 2.21. The van der Waals surface area contributed by atoms with E-state index in [9.17, 15) is 4.79 Å². The first kappa shape index (κ1) is 13.5. The number of fused-ring (bicyclic) bond motifs is 1. The summed E-state index contributed by atoms with van der Waals surface area (Å²) in [6, 6.07) is 3.43. The molecule has 0 saturated carbocycles. The molecular formula is C15H16N4O2. The van der Waals surface area contributed by atoms with Gasteiger partial charge in [0.25, 0.3) is 5.56 Å². The molecule has 0 bridgehead atoms. The van der Waals surface area contributed by atoms with Crippen LogP contribution >= 0.6 is 0 Å². The number of oxazole rings is 1. The smallest absolute Gasteiger partial charge is 0.263 e. The molecule has 0 unspecified atom stereocenters. The van der Waals surface area contributed by atoms with Crippen molar-refractivity contribution >= 4 is 11.0 Å². The van der Waals surface area contributed by atoms with Gasteiger partial charge >= 0.3 is 0 Å². The first-order chi connectivity index (χ1) is 9.95. The molecule has 0 saturated heterocycles. The van der Waals surface area contributed by atoms with Gasteiger partial charge in [0.1, 0.15) is 19.1 Å². The third-order valence-corrected chi connectivity index (χ3v) is 3.22. The van der Waals surface area contributed by atoms with Crippen molar-refractivity contribution in [3.05, 3.63) is 52.9 Å². The van der Waals surface area contributed by atoms with Crippen LogP contribution in [0.4, 0.5) is 0 Å². The molecule has 0 N–H and O–H groups in total. The van der Waals surface area contributed by atoms with Gasteiger partial charge in [0.05, 0.1) is 11.1 Å². The molecule has 3 rings (SSSR count). The van der Waals surface area contributed by atoms with E-state index >= 15 is 0 Å². The molecule has 3 aromatic heterocycles.